The van der Waals surface area contributed by atoms with Crippen molar-refractivity contribution < 1.29 is 9.84 Å². The summed E-state index contributed by atoms with van der Waals surface area (Å²) in [7, 11) is 0. The van der Waals surface area contributed by atoms with Crippen LogP contribution in [0.25, 0.3) is 0 Å². The van der Waals surface area contributed by atoms with Crippen molar-refractivity contribution in [3.63, 3.8) is 0 Å². The van der Waals surface area contributed by atoms with Gasteiger partial charge in [0.05, 0.1) is 18.3 Å². The minimum absolute atomic E-state index is 0.0978. The van der Waals surface area contributed by atoms with Gasteiger partial charge in [0.2, 0.25) is 0 Å². The Balaban J connectivity index is 2.01. The van der Waals surface area contributed by atoms with Crippen LogP contribution in [0.3, 0.4) is 0 Å². The van der Waals surface area contributed by atoms with Gasteiger partial charge in [-0.3, -0.25) is 0 Å². The maximum absolute atomic E-state index is 10.1. The second-order valence-electron chi connectivity index (χ2n) is 5.57. The zero-order chi connectivity index (χ0) is 10.9. The molecule has 15 heavy (non-hydrogen) atoms. The van der Waals surface area contributed by atoms with Gasteiger partial charge in [-0.1, -0.05) is 25.7 Å². The molecule has 0 aromatic rings. The average molecular weight is 212 g/mol. The topological polar surface area (TPSA) is 29.5 Å². The summed E-state index contributed by atoms with van der Waals surface area (Å²) in [6.45, 7) is 4.18. The molecule has 2 heteroatoms. The molecule has 0 aliphatic heterocycles. The maximum atomic E-state index is 10.1. The van der Waals surface area contributed by atoms with Crippen molar-refractivity contribution in [1.82, 2.24) is 0 Å². The van der Waals surface area contributed by atoms with E-state index in [0.29, 0.717) is 12.2 Å². The number of hydrogen-bond donors (Lipinski definition) is 1. The predicted octanol–water partition coefficient (Wildman–Crippen LogP) is 2.89. The lowest BCUT2D eigenvalue weighted by Crippen LogP contribution is -2.58. The van der Waals surface area contributed by atoms with Crippen LogP contribution in [0.5, 0.6) is 0 Å². The Morgan fingerprint density at radius 1 is 1.13 bits per heavy atom. The number of aliphatic hydroxyl groups excluding tert-OH is 1. The first kappa shape index (κ1) is 11.4. The summed E-state index contributed by atoms with van der Waals surface area (Å²) in [6.07, 6.45) is 8.94. The van der Waals surface area contributed by atoms with E-state index in [9.17, 15) is 5.11 Å². The van der Waals surface area contributed by atoms with Crippen molar-refractivity contribution in [1.29, 1.82) is 0 Å². The predicted molar refractivity (Wildman–Crippen MR) is 60.8 cm³/mol. The van der Waals surface area contributed by atoms with Crippen LogP contribution in [0, 0.1) is 5.41 Å². The Hall–Kier alpha value is -0.0800. The van der Waals surface area contributed by atoms with E-state index in [0.717, 1.165) is 6.42 Å². The highest BCUT2D eigenvalue weighted by Gasteiger charge is 2.54. The fourth-order valence-corrected chi connectivity index (χ4v) is 3.29. The SMILES string of the molecule is CC(C)OC1CC(O)C12CCCCCC2. The first-order chi connectivity index (χ1) is 7.15. The molecule has 2 atom stereocenters. The van der Waals surface area contributed by atoms with E-state index in [-0.39, 0.29) is 11.5 Å². The van der Waals surface area contributed by atoms with Crippen LogP contribution < -0.4 is 0 Å². The summed E-state index contributed by atoms with van der Waals surface area (Å²) in [5, 5.41) is 10.1. The van der Waals surface area contributed by atoms with Crippen molar-refractivity contribution in [3.8, 4) is 0 Å². The van der Waals surface area contributed by atoms with Gasteiger partial charge >= 0.3 is 0 Å². The molecule has 0 aromatic heterocycles. The number of ether oxygens (including phenoxy) is 1. The molecule has 0 heterocycles. The van der Waals surface area contributed by atoms with Gasteiger partial charge in [0.25, 0.3) is 0 Å². The Bertz CT molecular complexity index is 205. The van der Waals surface area contributed by atoms with Crippen LogP contribution in [0.4, 0.5) is 0 Å². The molecule has 2 saturated carbocycles. The van der Waals surface area contributed by atoms with Gasteiger partial charge in [-0.15, -0.1) is 0 Å². The molecule has 0 amide bonds. The highest BCUT2D eigenvalue weighted by atomic mass is 16.5. The Labute approximate surface area is 93.0 Å². The first-order valence-electron chi connectivity index (χ1n) is 6.49. The normalized spacial score (nSPS) is 35.2. The average Bonchev–Trinajstić information content (AvgIpc) is 2.43. The molecule has 2 rings (SSSR count). The van der Waals surface area contributed by atoms with E-state index in [2.05, 4.69) is 13.8 Å². The van der Waals surface area contributed by atoms with Crippen LogP contribution in [-0.2, 0) is 4.74 Å². The van der Waals surface area contributed by atoms with E-state index >= 15 is 0 Å². The Kier molecular flexibility index (Phi) is 3.36. The van der Waals surface area contributed by atoms with Gasteiger partial charge in [-0.2, -0.15) is 0 Å². The molecule has 1 N–H and O–H groups in total. The van der Waals surface area contributed by atoms with Crippen LogP contribution >= 0.6 is 0 Å². The number of hydrogen-bond acceptors (Lipinski definition) is 2. The van der Waals surface area contributed by atoms with Crippen LogP contribution in [-0.4, -0.2) is 23.4 Å². The first-order valence-corrected chi connectivity index (χ1v) is 6.49. The third-order valence-electron chi connectivity index (χ3n) is 4.21. The van der Waals surface area contributed by atoms with Crippen LogP contribution in [0.15, 0.2) is 0 Å². The van der Waals surface area contributed by atoms with Crippen molar-refractivity contribution >= 4 is 0 Å². The third-order valence-corrected chi connectivity index (χ3v) is 4.21. The van der Waals surface area contributed by atoms with E-state index in [1.54, 1.807) is 0 Å². The molecule has 2 aliphatic rings. The molecule has 2 fully saturated rings. The molecular weight excluding hydrogens is 188 g/mol. The molecule has 0 bridgehead atoms. The fraction of sp³-hybridized carbons (Fsp3) is 1.00. The monoisotopic (exact) mass is 212 g/mol. The molecule has 0 aromatic carbocycles. The molecule has 2 unspecified atom stereocenters. The van der Waals surface area contributed by atoms with E-state index in [1.807, 2.05) is 0 Å². The number of aliphatic hydroxyl groups is 1. The molecule has 88 valence electrons. The minimum Gasteiger partial charge on any atom is -0.392 e. The Morgan fingerprint density at radius 2 is 1.73 bits per heavy atom. The molecule has 0 saturated heterocycles. The second kappa shape index (κ2) is 4.42. The van der Waals surface area contributed by atoms with Gasteiger partial charge < -0.3 is 9.84 Å². The fourth-order valence-electron chi connectivity index (χ4n) is 3.29. The van der Waals surface area contributed by atoms with Gasteiger partial charge in [0.15, 0.2) is 0 Å². The van der Waals surface area contributed by atoms with Gasteiger partial charge in [0, 0.05) is 11.8 Å². The summed E-state index contributed by atoms with van der Waals surface area (Å²) < 4.78 is 5.95. The summed E-state index contributed by atoms with van der Waals surface area (Å²) in [5.41, 5.74) is 0.126. The summed E-state index contributed by atoms with van der Waals surface area (Å²) in [4.78, 5) is 0. The standard InChI is InChI=1S/C13H24O2/c1-10(2)15-12-9-11(14)13(12)7-5-3-4-6-8-13/h10-12,14H,3-9H2,1-2H3. The van der Waals surface area contributed by atoms with Gasteiger partial charge in [0.1, 0.15) is 0 Å². The second-order valence-corrected chi connectivity index (χ2v) is 5.57. The zero-order valence-electron chi connectivity index (χ0n) is 10.0. The van der Waals surface area contributed by atoms with Gasteiger partial charge in [-0.25, -0.2) is 0 Å². The van der Waals surface area contributed by atoms with Crippen molar-refractivity contribution in [2.75, 3.05) is 0 Å². The molecule has 2 aliphatic carbocycles. The molecule has 2 nitrogen and oxygen atoms in total. The zero-order valence-corrected chi connectivity index (χ0v) is 10.0. The van der Waals surface area contributed by atoms with E-state index < -0.39 is 0 Å². The van der Waals surface area contributed by atoms with Crippen LogP contribution in [0.1, 0.15) is 58.8 Å². The Morgan fingerprint density at radius 3 is 2.20 bits per heavy atom. The molecule has 0 radical (unpaired) electrons. The van der Waals surface area contributed by atoms with Gasteiger partial charge in [-0.05, 0) is 26.7 Å². The van der Waals surface area contributed by atoms with Crippen molar-refractivity contribution in [2.24, 2.45) is 5.41 Å². The van der Waals surface area contributed by atoms with Crippen molar-refractivity contribution in [2.45, 2.75) is 77.1 Å². The minimum atomic E-state index is -0.0978. The van der Waals surface area contributed by atoms with Crippen LogP contribution in [0.2, 0.25) is 0 Å². The number of rotatable bonds is 2. The maximum Gasteiger partial charge on any atom is 0.0684 e. The summed E-state index contributed by atoms with van der Waals surface area (Å²) in [6, 6.07) is 0. The third kappa shape index (κ3) is 2.07. The quantitative estimate of drug-likeness (QED) is 0.762. The highest BCUT2D eigenvalue weighted by Crippen LogP contribution is 2.52. The highest BCUT2D eigenvalue weighted by molar-refractivity contribution is 5.04. The summed E-state index contributed by atoms with van der Waals surface area (Å²) >= 11 is 0. The smallest absolute Gasteiger partial charge is 0.0684 e. The molecular formula is C13H24O2. The summed E-state index contributed by atoms with van der Waals surface area (Å²) in [5.74, 6) is 0. The van der Waals surface area contributed by atoms with E-state index in [4.69, 9.17) is 4.74 Å². The lowest BCUT2D eigenvalue weighted by Gasteiger charge is -2.54. The van der Waals surface area contributed by atoms with E-state index in [1.165, 1.54) is 38.5 Å². The van der Waals surface area contributed by atoms with Crippen molar-refractivity contribution in [3.05, 3.63) is 0 Å². The lowest BCUT2D eigenvalue weighted by molar-refractivity contribution is -0.211. The lowest BCUT2D eigenvalue weighted by atomic mass is 9.59. The molecule has 1 spiro atoms. The largest absolute Gasteiger partial charge is 0.392 e.